The normalized spacial score (nSPS) is 17.7. The number of urea groups is 1. The van der Waals surface area contributed by atoms with Gasteiger partial charge in [0.25, 0.3) is 0 Å². The number of halogens is 1. The lowest BCUT2D eigenvalue weighted by Crippen LogP contribution is -2.39. The monoisotopic (exact) mass is 453 g/mol. The number of fused-ring (bicyclic) bond motifs is 5. The number of amides is 2. The minimum absolute atomic E-state index is 0.00618. The van der Waals surface area contributed by atoms with Crippen molar-refractivity contribution in [1.29, 1.82) is 0 Å². The van der Waals surface area contributed by atoms with Gasteiger partial charge in [0.2, 0.25) is 0 Å². The number of anilines is 1. The number of nitrogens with one attached hydrogen (secondary N) is 1. The lowest BCUT2D eigenvalue weighted by molar-refractivity contribution is 0.161. The summed E-state index contributed by atoms with van der Waals surface area (Å²) in [6.07, 6.45) is 6.93. The SMILES string of the molecule is Cc1ccc(Cl)cc1NC(=O)N1Cc2c(sc3c2CCCC3)-n2cccc2C1C(C)C. The maximum atomic E-state index is 13.7. The molecule has 3 aromatic rings. The van der Waals surface area contributed by atoms with E-state index in [1.165, 1.54) is 39.5 Å². The summed E-state index contributed by atoms with van der Waals surface area (Å²) in [7, 11) is 0. The van der Waals surface area contributed by atoms with Gasteiger partial charge >= 0.3 is 6.03 Å². The van der Waals surface area contributed by atoms with Gasteiger partial charge in [0, 0.05) is 33.0 Å². The second-order valence-electron chi connectivity index (χ2n) is 9.00. The van der Waals surface area contributed by atoms with Crippen molar-refractivity contribution in [3.63, 3.8) is 0 Å². The molecule has 1 atom stereocenters. The molecule has 162 valence electrons. The lowest BCUT2D eigenvalue weighted by atomic mass is 9.94. The molecule has 0 radical (unpaired) electrons. The molecular formula is C25H28ClN3OS. The molecule has 0 spiro atoms. The molecule has 2 amide bonds. The number of thiophene rings is 1. The molecule has 1 unspecified atom stereocenters. The quantitative estimate of drug-likeness (QED) is 0.440. The Bertz CT molecular complexity index is 1150. The van der Waals surface area contributed by atoms with Gasteiger partial charge in [-0.25, -0.2) is 4.79 Å². The molecule has 1 N–H and O–H groups in total. The second-order valence-corrected chi connectivity index (χ2v) is 10.5. The third-order valence-electron chi connectivity index (χ3n) is 6.56. The summed E-state index contributed by atoms with van der Waals surface area (Å²) in [6.45, 7) is 7.02. The number of benzene rings is 1. The average Bonchev–Trinajstić information content (AvgIpc) is 3.32. The molecule has 5 rings (SSSR count). The lowest BCUT2D eigenvalue weighted by Gasteiger charge is -2.33. The van der Waals surface area contributed by atoms with E-state index in [2.05, 4.69) is 42.1 Å². The van der Waals surface area contributed by atoms with Crippen LogP contribution in [0, 0.1) is 12.8 Å². The van der Waals surface area contributed by atoms with E-state index >= 15 is 0 Å². The van der Waals surface area contributed by atoms with E-state index in [4.69, 9.17) is 11.6 Å². The summed E-state index contributed by atoms with van der Waals surface area (Å²) in [4.78, 5) is 17.2. The molecule has 1 aromatic carbocycles. The van der Waals surface area contributed by atoms with E-state index < -0.39 is 0 Å². The van der Waals surface area contributed by atoms with Gasteiger partial charge in [-0.2, -0.15) is 0 Å². The fraction of sp³-hybridized carbons (Fsp3) is 0.400. The summed E-state index contributed by atoms with van der Waals surface area (Å²) < 4.78 is 2.33. The summed E-state index contributed by atoms with van der Waals surface area (Å²) in [6, 6.07) is 9.83. The number of carbonyl (C=O) groups is 1. The highest BCUT2D eigenvalue weighted by molar-refractivity contribution is 7.15. The molecule has 31 heavy (non-hydrogen) atoms. The van der Waals surface area contributed by atoms with Crippen molar-refractivity contribution in [2.75, 3.05) is 5.32 Å². The van der Waals surface area contributed by atoms with Crippen molar-refractivity contribution in [2.45, 2.75) is 59.0 Å². The molecule has 1 aliphatic heterocycles. The Hall–Kier alpha value is -2.24. The van der Waals surface area contributed by atoms with Crippen LogP contribution in [0.4, 0.5) is 10.5 Å². The Labute approximate surface area is 192 Å². The molecule has 2 aliphatic rings. The Kier molecular flexibility index (Phi) is 5.35. The first kappa shape index (κ1) is 20.7. The number of rotatable bonds is 2. The van der Waals surface area contributed by atoms with Gasteiger partial charge in [0.15, 0.2) is 0 Å². The summed E-state index contributed by atoms with van der Waals surface area (Å²) >= 11 is 8.13. The van der Waals surface area contributed by atoms with Crippen molar-refractivity contribution in [1.82, 2.24) is 9.47 Å². The maximum Gasteiger partial charge on any atom is 0.322 e. The van der Waals surface area contributed by atoms with E-state index in [0.29, 0.717) is 11.6 Å². The zero-order chi connectivity index (χ0) is 21.7. The van der Waals surface area contributed by atoms with Crippen molar-refractivity contribution in [2.24, 2.45) is 5.92 Å². The highest BCUT2D eigenvalue weighted by atomic mass is 35.5. The van der Waals surface area contributed by atoms with Crippen LogP contribution in [0.25, 0.3) is 5.00 Å². The van der Waals surface area contributed by atoms with Gasteiger partial charge in [0.1, 0.15) is 5.00 Å². The third kappa shape index (κ3) is 3.58. The van der Waals surface area contributed by atoms with Gasteiger partial charge in [0.05, 0.1) is 12.6 Å². The topological polar surface area (TPSA) is 37.3 Å². The minimum Gasteiger partial charge on any atom is -0.311 e. The smallest absolute Gasteiger partial charge is 0.311 e. The zero-order valence-electron chi connectivity index (χ0n) is 18.2. The van der Waals surface area contributed by atoms with Gasteiger partial charge in [-0.1, -0.05) is 31.5 Å². The largest absolute Gasteiger partial charge is 0.322 e. The number of hydrogen-bond donors (Lipinski definition) is 1. The highest BCUT2D eigenvalue weighted by Gasteiger charge is 2.36. The molecule has 0 saturated heterocycles. The first-order chi connectivity index (χ1) is 14.9. The van der Waals surface area contributed by atoms with Crippen molar-refractivity contribution in [3.8, 4) is 5.00 Å². The Morgan fingerprint density at radius 2 is 2.00 bits per heavy atom. The first-order valence-corrected chi connectivity index (χ1v) is 12.3. The van der Waals surface area contributed by atoms with E-state index in [1.807, 2.05) is 41.4 Å². The van der Waals surface area contributed by atoms with Crippen LogP contribution in [-0.4, -0.2) is 15.5 Å². The van der Waals surface area contributed by atoms with Crippen LogP contribution in [0.5, 0.6) is 0 Å². The van der Waals surface area contributed by atoms with Crippen LogP contribution in [0.15, 0.2) is 36.5 Å². The van der Waals surface area contributed by atoms with Crippen LogP contribution in [0.2, 0.25) is 5.02 Å². The summed E-state index contributed by atoms with van der Waals surface area (Å²) in [5.74, 6) is 0.282. The van der Waals surface area contributed by atoms with Gasteiger partial charge in [-0.3, -0.25) is 0 Å². The van der Waals surface area contributed by atoms with E-state index in [9.17, 15) is 4.79 Å². The van der Waals surface area contributed by atoms with Crippen LogP contribution < -0.4 is 5.32 Å². The summed E-state index contributed by atoms with van der Waals surface area (Å²) in [5.41, 5.74) is 5.77. The molecule has 3 heterocycles. The van der Waals surface area contributed by atoms with Crippen molar-refractivity contribution < 1.29 is 4.79 Å². The van der Waals surface area contributed by atoms with Gasteiger partial charge < -0.3 is 14.8 Å². The predicted molar refractivity (Wildman–Crippen MR) is 129 cm³/mol. The van der Waals surface area contributed by atoms with Crippen molar-refractivity contribution in [3.05, 3.63) is 68.8 Å². The molecule has 0 fully saturated rings. The Balaban J connectivity index is 1.60. The van der Waals surface area contributed by atoms with Gasteiger partial charge in [-0.15, -0.1) is 11.3 Å². The van der Waals surface area contributed by atoms with Crippen LogP contribution in [0.3, 0.4) is 0 Å². The standard InChI is InChI=1S/C25H28ClN3OS/c1-15(2)23-21-8-6-12-28(21)24-19(18-7-4-5-9-22(18)31-24)14-29(23)25(30)27-20-13-17(26)11-10-16(20)3/h6,8,10-13,15,23H,4-5,7,9,14H2,1-3H3,(H,27,30). The average molecular weight is 454 g/mol. The molecule has 0 bridgehead atoms. The number of aromatic nitrogens is 1. The first-order valence-electron chi connectivity index (χ1n) is 11.1. The fourth-order valence-electron chi connectivity index (χ4n) is 5.04. The molecular weight excluding hydrogens is 426 g/mol. The maximum absolute atomic E-state index is 13.7. The number of hydrogen-bond acceptors (Lipinski definition) is 2. The van der Waals surface area contributed by atoms with Crippen LogP contribution in [-0.2, 0) is 19.4 Å². The molecule has 6 heteroatoms. The fourth-order valence-corrected chi connectivity index (χ4v) is 6.61. The molecule has 2 aromatic heterocycles. The molecule has 4 nitrogen and oxygen atoms in total. The number of aryl methyl sites for hydroxylation is 2. The highest BCUT2D eigenvalue weighted by Crippen LogP contribution is 2.44. The summed E-state index contributed by atoms with van der Waals surface area (Å²) in [5, 5.41) is 5.08. The minimum atomic E-state index is -0.0690. The molecule has 0 saturated carbocycles. The van der Waals surface area contributed by atoms with E-state index in [1.54, 1.807) is 0 Å². The Morgan fingerprint density at radius 3 is 2.81 bits per heavy atom. The third-order valence-corrected chi connectivity index (χ3v) is 8.13. The van der Waals surface area contributed by atoms with Crippen LogP contribution >= 0.6 is 22.9 Å². The number of nitrogens with zero attached hydrogens (tertiary/aromatic N) is 2. The molecule has 1 aliphatic carbocycles. The number of carbonyl (C=O) groups excluding carboxylic acids is 1. The van der Waals surface area contributed by atoms with E-state index in [0.717, 1.165) is 24.1 Å². The van der Waals surface area contributed by atoms with Crippen molar-refractivity contribution >= 4 is 34.7 Å². The van der Waals surface area contributed by atoms with Gasteiger partial charge in [-0.05, 0) is 73.9 Å². The second kappa shape index (κ2) is 8.03. The predicted octanol–water partition coefficient (Wildman–Crippen LogP) is 7.12. The van der Waals surface area contributed by atoms with E-state index in [-0.39, 0.29) is 18.0 Å². The Morgan fingerprint density at radius 1 is 1.19 bits per heavy atom. The van der Waals surface area contributed by atoms with Crippen LogP contribution in [0.1, 0.15) is 60.0 Å². The zero-order valence-corrected chi connectivity index (χ0v) is 19.8.